The van der Waals surface area contributed by atoms with Crippen molar-refractivity contribution in [2.45, 2.75) is 58.9 Å². The van der Waals surface area contributed by atoms with Gasteiger partial charge in [0, 0.05) is 23.7 Å². The normalized spacial score (nSPS) is 17.9. The molecule has 1 saturated carbocycles. The zero-order chi connectivity index (χ0) is 12.4. The van der Waals surface area contributed by atoms with Crippen LogP contribution in [0.1, 0.15) is 57.5 Å². The SMILES string of the molecule is Cc1cc(NC(C)C2CCC2)nc(C(C)C)n1. The Labute approximate surface area is 104 Å². The Morgan fingerprint density at radius 2 is 1.94 bits per heavy atom. The van der Waals surface area contributed by atoms with Gasteiger partial charge in [-0.1, -0.05) is 20.3 Å². The molecule has 1 aromatic rings. The molecule has 2 rings (SSSR count). The highest BCUT2D eigenvalue weighted by molar-refractivity contribution is 5.37. The third-order valence-corrected chi connectivity index (χ3v) is 3.62. The highest BCUT2D eigenvalue weighted by Crippen LogP contribution is 2.30. The molecule has 0 saturated heterocycles. The monoisotopic (exact) mass is 233 g/mol. The Morgan fingerprint density at radius 1 is 1.24 bits per heavy atom. The molecule has 94 valence electrons. The van der Waals surface area contributed by atoms with Gasteiger partial charge < -0.3 is 5.32 Å². The first-order chi connectivity index (χ1) is 8.06. The van der Waals surface area contributed by atoms with E-state index in [2.05, 4.69) is 36.1 Å². The highest BCUT2D eigenvalue weighted by atomic mass is 15.1. The lowest BCUT2D eigenvalue weighted by Gasteiger charge is -2.32. The molecule has 1 atom stereocenters. The van der Waals surface area contributed by atoms with Crippen molar-refractivity contribution < 1.29 is 0 Å². The van der Waals surface area contributed by atoms with Gasteiger partial charge in [0.05, 0.1) is 0 Å². The van der Waals surface area contributed by atoms with Crippen LogP contribution in [0.2, 0.25) is 0 Å². The van der Waals surface area contributed by atoms with Crippen molar-refractivity contribution in [2.75, 3.05) is 5.32 Å². The molecular formula is C14H23N3. The van der Waals surface area contributed by atoms with E-state index in [1.807, 2.05) is 13.0 Å². The van der Waals surface area contributed by atoms with Crippen LogP contribution in [0.5, 0.6) is 0 Å². The quantitative estimate of drug-likeness (QED) is 0.864. The zero-order valence-corrected chi connectivity index (χ0v) is 11.3. The van der Waals surface area contributed by atoms with Gasteiger partial charge >= 0.3 is 0 Å². The van der Waals surface area contributed by atoms with Crippen molar-refractivity contribution >= 4 is 5.82 Å². The third kappa shape index (κ3) is 2.96. The maximum absolute atomic E-state index is 4.59. The van der Waals surface area contributed by atoms with Crippen LogP contribution in [0.4, 0.5) is 5.82 Å². The first kappa shape index (κ1) is 12.3. The first-order valence-corrected chi connectivity index (χ1v) is 6.68. The summed E-state index contributed by atoms with van der Waals surface area (Å²) in [6, 6.07) is 2.57. The molecule has 0 radical (unpaired) electrons. The number of aryl methyl sites for hydroxylation is 1. The smallest absolute Gasteiger partial charge is 0.133 e. The van der Waals surface area contributed by atoms with E-state index in [-0.39, 0.29) is 0 Å². The molecule has 0 aliphatic heterocycles. The molecule has 17 heavy (non-hydrogen) atoms. The lowest BCUT2D eigenvalue weighted by molar-refractivity contribution is 0.285. The number of aromatic nitrogens is 2. The van der Waals surface area contributed by atoms with Gasteiger partial charge in [-0.3, -0.25) is 0 Å². The van der Waals surface area contributed by atoms with Crippen LogP contribution >= 0.6 is 0 Å². The fraction of sp³-hybridized carbons (Fsp3) is 0.714. The maximum atomic E-state index is 4.59. The average Bonchev–Trinajstić information content (AvgIpc) is 2.13. The predicted molar refractivity (Wildman–Crippen MR) is 71.3 cm³/mol. The van der Waals surface area contributed by atoms with Crippen molar-refractivity contribution in [1.82, 2.24) is 9.97 Å². The van der Waals surface area contributed by atoms with Gasteiger partial charge in [-0.2, -0.15) is 0 Å². The zero-order valence-electron chi connectivity index (χ0n) is 11.3. The number of hydrogen-bond acceptors (Lipinski definition) is 3. The van der Waals surface area contributed by atoms with Gasteiger partial charge in [0.1, 0.15) is 11.6 Å². The van der Waals surface area contributed by atoms with Crippen molar-refractivity contribution in [3.05, 3.63) is 17.6 Å². The molecule has 0 amide bonds. The third-order valence-electron chi connectivity index (χ3n) is 3.62. The van der Waals surface area contributed by atoms with Crippen LogP contribution < -0.4 is 5.32 Å². The van der Waals surface area contributed by atoms with Crippen LogP contribution in [-0.4, -0.2) is 16.0 Å². The molecule has 1 aromatic heterocycles. The second kappa shape index (κ2) is 5.03. The van der Waals surface area contributed by atoms with Gasteiger partial charge in [0.25, 0.3) is 0 Å². The minimum Gasteiger partial charge on any atom is -0.367 e. The van der Waals surface area contributed by atoms with E-state index in [4.69, 9.17) is 0 Å². The van der Waals surface area contributed by atoms with Crippen molar-refractivity contribution in [3.63, 3.8) is 0 Å². The molecule has 0 bridgehead atoms. The van der Waals surface area contributed by atoms with Crippen molar-refractivity contribution in [1.29, 1.82) is 0 Å². The van der Waals surface area contributed by atoms with E-state index < -0.39 is 0 Å². The van der Waals surface area contributed by atoms with Crippen molar-refractivity contribution in [2.24, 2.45) is 5.92 Å². The largest absolute Gasteiger partial charge is 0.367 e. The highest BCUT2D eigenvalue weighted by Gasteiger charge is 2.24. The molecule has 1 aliphatic rings. The summed E-state index contributed by atoms with van der Waals surface area (Å²) in [4.78, 5) is 9.06. The Balaban J connectivity index is 2.08. The number of anilines is 1. The van der Waals surface area contributed by atoms with Crippen LogP contribution in [0.3, 0.4) is 0 Å². The fourth-order valence-corrected chi connectivity index (χ4v) is 2.21. The first-order valence-electron chi connectivity index (χ1n) is 6.68. The molecule has 3 heteroatoms. The minimum absolute atomic E-state index is 0.384. The van der Waals surface area contributed by atoms with Crippen LogP contribution in [0.15, 0.2) is 6.07 Å². The van der Waals surface area contributed by atoms with E-state index in [9.17, 15) is 0 Å². The van der Waals surface area contributed by atoms with Crippen LogP contribution in [0.25, 0.3) is 0 Å². The number of hydrogen-bond donors (Lipinski definition) is 1. The Bertz CT molecular complexity index is 383. The summed E-state index contributed by atoms with van der Waals surface area (Å²) in [5.74, 6) is 3.14. The average molecular weight is 233 g/mol. The molecule has 0 spiro atoms. The van der Waals surface area contributed by atoms with Gasteiger partial charge in [0.2, 0.25) is 0 Å². The lowest BCUT2D eigenvalue weighted by Crippen LogP contribution is -2.31. The lowest BCUT2D eigenvalue weighted by atomic mass is 9.80. The van der Waals surface area contributed by atoms with Gasteiger partial charge in [-0.05, 0) is 32.6 Å². The summed E-state index contributed by atoms with van der Waals surface area (Å²) >= 11 is 0. The fourth-order valence-electron chi connectivity index (χ4n) is 2.21. The molecule has 1 heterocycles. The molecule has 3 nitrogen and oxygen atoms in total. The standard InChI is InChI=1S/C14H23N3/c1-9(2)14-15-10(3)8-13(17-14)16-11(4)12-6-5-7-12/h8-9,11-12H,5-7H2,1-4H3,(H,15,16,17). The van der Waals surface area contributed by atoms with Crippen LogP contribution in [0, 0.1) is 12.8 Å². The van der Waals surface area contributed by atoms with Gasteiger partial charge in [-0.25, -0.2) is 9.97 Å². The van der Waals surface area contributed by atoms with E-state index in [0.717, 1.165) is 23.3 Å². The summed E-state index contributed by atoms with van der Waals surface area (Å²) in [6.07, 6.45) is 4.10. The predicted octanol–water partition coefficient (Wildman–Crippen LogP) is 3.51. The number of nitrogens with zero attached hydrogens (tertiary/aromatic N) is 2. The van der Waals surface area contributed by atoms with E-state index in [1.165, 1.54) is 19.3 Å². The molecular weight excluding hydrogens is 210 g/mol. The van der Waals surface area contributed by atoms with E-state index in [1.54, 1.807) is 0 Å². The Hall–Kier alpha value is -1.12. The van der Waals surface area contributed by atoms with Gasteiger partial charge in [-0.15, -0.1) is 0 Å². The van der Waals surface area contributed by atoms with Crippen molar-refractivity contribution in [3.8, 4) is 0 Å². The summed E-state index contributed by atoms with van der Waals surface area (Å²) in [6.45, 7) is 8.56. The van der Waals surface area contributed by atoms with Gasteiger partial charge in [0.15, 0.2) is 0 Å². The van der Waals surface area contributed by atoms with E-state index >= 15 is 0 Å². The second-order valence-electron chi connectivity index (χ2n) is 5.53. The molecule has 0 aromatic carbocycles. The summed E-state index contributed by atoms with van der Waals surface area (Å²) in [5, 5.41) is 3.53. The Kier molecular flexibility index (Phi) is 3.65. The summed E-state index contributed by atoms with van der Waals surface area (Å²) in [7, 11) is 0. The number of nitrogens with one attached hydrogen (secondary N) is 1. The topological polar surface area (TPSA) is 37.8 Å². The Morgan fingerprint density at radius 3 is 2.47 bits per heavy atom. The molecule has 1 fully saturated rings. The molecule has 1 N–H and O–H groups in total. The minimum atomic E-state index is 0.384. The molecule has 1 aliphatic carbocycles. The second-order valence-corrected chi connectivity index (χ2v) is 5.53. The maximum Gasteiger partial charge on any atom is 0.133 e. The number of rotatable bonds is 4. The molecule has 1 unspecified atom stereocenters. The summed E-state index contributed by atoms with van der Waals surface area (Å²) < 4.78 is 0. The summed E-state index contributed by atoms with van der Waals surface area (Å²) in [5.41, 5.74) is 1.05. The van der Waals surface area contributed by atoms with E-state index in [0.29, 0.717) is 12.0 Å². The van der Waals surface area contributed by atoms with Crippen LogP contribution in [-0.2, 0) is 0 Å².